The number of H-pyrrole nitrogens is 1. The van der Waals surface area contributed by atoms with Crippen LogP contribution >= 0.6 is 0 Å². The van der Waals surface area contributed by atoms with Crippen molar-refractivity contribution in [3.8, 4) is 0 Å². The molecule has 1 aromatic heterocycles. The number of rotatable bonds is 3. The van der Waals surface area contributed by atoms with Crippen LogP contribution in [0.4, 0.5) is 5.82 Å². The summed E-state index contributed by atoms with van der Waals surface area (Å²) in [5.41, 5.74) is -0.0456. The number of nitrogens with zero attached hydrogens (tertiary/aromatic N) is 2. The highest BCUT2D eigenvalue weighted by atomic mass is 16.1. The summed E-state index contributed by atoms with van der Waals surface area (Å²) in [6.45, 7) is 2.13. The maximum atomic E-state index is 11.5. The Bertz CT molecular complexity index is 466. The number of anilines is 1. The number of nitrogens with one attached hydrogen (secondary N) is 2. The molecule has 0 radical (unpaired) electrons. The third-order valence-corrected chi connectivity index (χ3v) is 3.47. The van der Waals surface area contributed by atoms with Crippen LogP contribution in [0.25, 0.3) is 0 Å². The first-order valence-electron chi connectivity index (χ1n) is 6.27. The number of likely N-dealkylation sites (tertiary alicyclic amines) is 1. The van der Waals surface area contributed by atoms with Gasteiger partial charge in [-0.05, 0) is 32.9 Å². The van der Waals surface area contributed by atoms with E-state index in [1.165, 1.54) is 0 Å². The Labute approximate surface area is 100 Å². The lowest BCUT2D eigenvalue weighted by molar-refractivity contribution is 0.414. The van der Waals surface area contributed by atoms with Crippen molar-refractivity contribution in [2.75, 3.05) is 25.5 Å². The van der Waals surface area contributed by atoms with Gasteiger partial charge >= 0.3 is 0 Å². The fraction of sp³-hybridized carbons (Fsp3) is 0.667. The van der Waals surface area contributed by atoms with Gasteiger partial charge in [-0.1, -0.05) is 0 Å². The van der Waals surface area contributed by atoms with Gasteiger partial charge in [-0.25, -0.2) is 4.98 Å². The van der Waals surface area contributed by atoms with Crippen LogP contribution in [-0.4, -0.2) is 41.0 Å². The minimum atomic E-state index is -0.0456. The van der Waals surface area contributed by atoms with E-state index in [0.717, 1.165) is 44.0 Å². The average molecular weight is 234 g/mol. The average Bonchev–Trinajstić information content (AvgIpc) is 3.03. The van der Waals surface area contributed by atoms with Crippen LogP contribution in [0, 0.1) is 0 Å². The molecule has 17 heavy (non-hydrogen) atoms. The third-order valence-electron chi connectivity index (χ3n) is 3.47. The first-order valence-corrected chi connectivity index (χ1v) is 6.27. The monoisotopic (exact) mass is 234 g/mol. The Balaban J connectivity index is 1.75. The molecule has 2 fully saturated rings. The Morgan fingerprint density at radius 3 is 2.94 bits per heavy atom. The smallest absolute Gasteiger partial charge is 0.252 e. The van der Waals surface area contributed by atoms with Crippen molar-refractivity contribution < 1.29 is 0 Å². The van der Waals surface area contributed by atoms with Crippen molar-refractivity contribution in [3.63, 3.8) is 0 Å². The molecular formula is C12H18N4O. The second-order valence-electron chi connectivity index (χ2n) is 5.18. The van der Waals surface area contributed by atoms with Crippen molar-refractivity contribution in [2.45, 2.75) is 31.2 Å². The fourth-order valence-corrected chi connectivity index (χ4v) is 2.36. The first-order chi connectivity index (χ1) is 8.20. The van der Waals surface area contributed by atoms with Gasteiger partial charge in [0.2, 0.25) is 0 Å². The zero-order chi connectivity index (χ0) is 11.8. The lowest BCUT2D eigenvalue weighted by atomic mass is 10.2. The molecule has 1 aliphatic heterocycles. The Morgan fingerprint density at radius 2 is 2.29 bits per heavy atom. The van der Waals surface area contributed by atoms with Crippen molar-refractivity contribution in [2.24, 2.45) is 0 Å². The van der Waals surface area contributed by atoms with Gasteiger partial charge in [0.25, 0.3) is 5.56 Å². The Kier molecular flexibility index (Phi) is 2.63. The SMILES string of the molecule is CN1CCC(Nc2cc(=O)[nH]c(C3CC3)n2)C1. The summed E-state index contributed by atoms with van der Waals surface area (Å²) in [5.74, 6) is 2.07. The van der Waals surface area contributed by atoms with E-state index in [1.807, 2.05) is 0 Å². The van der Waals surface area contributed by atoms with E-state index in [0.29, 0.717) is 12.0 Å². The molecule has 3 rings (SSSR count). The molecule has 1 saturated carbocycles. The van der Waals surface area contributed by atoms with Crippen molar-refractivity contribution in [3.05, 3.63) is 22.2 Å². The normalized spacial score (nSPS) is 25.1. The standard InChI is InChI=1S/C12H18N4O/c1-16-5-4-9(7-16)13-10-6-11(17)15-12(14-10)8-2-3-8/h6,8-9H,2-5,7H2,1H3,(H2,13,14,15,17). The van der Waals surface area contributed by atoms with Gasteiger partial charge in [0.1, 0.15) is 11.6 Å². The summed E-state index contributed by atoms with van der Waals surface area (Å²) < 4.78 is 0. The van der Waals surface area contributed by atoms with Gasteiger partial charge < -0.3 is 15.2 Å². The van der Waals surface area contributed by atoms with Crippen LogP contribution in [0.1, 0.15) is 31.0 Å². The molecule has 0 aromatic carbocycles. The Hall–Kier alpha value is -1.36. The molecule has 0 amide bonds. The van der Waals surface area contributed by atoms with Crippen molar-refractivity contribution in [1.29, 1.82) is 0 Å². The number of aromatic nitrogens is 2. The highest BCUT2D eigenvalue weighted by Gasteiger charge is 2.27. The molecule has 2 N–H and O–H groups in total. The summed E-state index contributed by atoms with van der Waals surface area (Å²) in [6.07, 6.45) is 3.42. The van der Waals surface area contributed by atoms with Crippen LogP contribution < -0.4 is 10.9 Å². The number of hydrogen-bond acceptors (Lipinski definition) is 4. The van der Waals surface area contributed by atoms with Gasteiger partial charge in [0, 0.05) is 24.6 Å². The largest absolute Gasteiger partial charge is 0.366 e. The second kappa shape index (κ2) is 4.14. The van der Waals surface area contributed by atoms with Crippen molar-refractivity contribution >= 4 is 5.82 Å². The minimum Gasteiger partial charge on any atom is -0.366 e. The van der Waals surface area contributed by atoms with E-state index < -0.39 is 0 Å². The van der Waals surface area contributed by atoms with Crippen LogP contribution in [0.2, 0.25) is 0 Å². The first kappa shape index (κ1) is 10.8. The lowest BCUT2D eigenvalue weighted by Gasteiger charge is -2.13. The third kappa shape index (κ3) is 2.49. The molecule has 5 nitrogen and oxygen atoms in total. The molecule has 1 aliphatic carbocycles. The molecular weight excluding hydrogens is 216 g/mol. The van der Waals surface area contributed by atoms with Crippen LogP contribution in [0.15, 0.2) is 10.9 Å². The van der Waals surface area contributed by atoms with Crippen LogP contribution in [0.3, 0.4) is 0 Å². The topological polar surface area (TPSA) is 61.0 Å². The van der Waals surface area contributed by atoms with Crippen LogP contribution in [0.5, 0.6) is 0 Å². The minimum absolute atomic E-state index is 0.0456. The number of hydrogen-bond donors (Lipinski definition) is 2. The lowest BCUT2D eigenvalue weighted by Crippen LogP contribution is -2.25. The molecule has 1 saturated heterocycles. The summed E-state index contributed by atoms with van der Waals surface area (Å²) >= 11 is 0. The van der Waals surface area contributed by atoms with E-state index in [4.69, 9.17) is 0 Å². The predicted octanol–water partition coefficient (Wildman–Crippen LogP) is 0.763. The predicted molar refractivity (Wildman–Crippen MR) is 66.4 cm³/mol. The second-order valence-corrected chi connectivity index (χ2v) is 5.18. The molecule has 0 bridgehead atoms. The fourth-order valence-electron chi connectivity index (χ4n) is 2.36. The highest BCUT2D eigenvalue weighted by Crippen LogP contribution is 2.37. The van der Waals surface area contributed by atoms with Crippen LogP contribution in [-0.2, 0) is 0 Å². The van der Waals surface area contributed by atoms with Gasteiger partial charge in [0.05, 0.1) is 0 Å². The number of likely N-dealkylation sites (N-methyl/N-ethyl adjacent to an activating group) is 1. The van der Waals surface area contributed by atoms with Gasteiger partial charge in [-0.3, -0.25) is 4.79 Å². The summed E-state index contributed by atoms with van der Waals surface area (Å²) in [5, 5.41) is 3.36. The maximum absolute atomic E-state index is 11.5. The molecule has 1 aromatic rings. The summed E-state index contributed by atoms with van der Waals surface area (Å²) in [6, 6.07) is 1.98. The molecule has 0 spiro atoms. The van der Waals surface area contributed by atoms with E-state index in [9.17, 15) is 4.79 Å². The van der Waals surface area contributed by atoms with E-state index in [2.05, 4.69) is 27.2 Å². The summed E-state index contributed by atoms with van der Waals surface area (Å²) in [4.78, 5) is 21.1. The molecule has 5 heteroatoms. The molecule has 2 heterocycles. The van der Waals surface area contributed by atoms with Gasteiger partial charge in [0.15, 0.2) is 0 Å². The molecule has 1 unspecified atom stereocenters. The van der Waals surface area contributed by atoms with Gasteiger partial charge in [-0.2, -0.15) is 0 Å². The molecule has 2 aliphatic rings. The zero-order valence-electron chi connectivity index (χ0n) is 10.1. The van der Waals surface area contributed by atoms with Crippen molar-refractivity contribution in [1.82, 2.24) is 14.9 Å². The quantitative estimate of drug-likeness (QED) is 0.810. The summed E-state index contributed by atoms with van der Waals surface area (Å²) in [7, 11) is 2.11. The maximum Gasteiger partial charge on any atom is 0.252 e. The van der Waals surface area contributed by atoms with E-state index >= 15 is 0 Å². The Morgan fingerprint density at radius 1 is 1.47 bits per heavy atom. The van der Waals surface area contributed by atoms with E-state index in [-0.39, 0.29) is 5.56 Å². The molecule has 1 atom stereocenters. The highest BCUT2D eigenvalue weighted by molar-refractivity contribution is 5.35. The van der Waals surface area contributed by atoms with Gasteiger partial charge in [-0.15, -0.1) is 0 Å². The number of aromatic amines is 1. The zero-order valence-corrected chi connectivity index (χ0v) is 10.1. The van der Waals surface area contributed by atoms with E-state index in [1.54, 1.807) is 6.07 Å². The molecule has 92 valence electrons.